The lowest BCUT2D eigenvalue weighted by Crippen LogP contribution is -2.15. The number of halogens is 1. The van der Waals surface area contributed by atoms with Crippen LogP contribution >= 0.6 is 0 Å². The molecule has 0 radical (unpaired) electrons. The summed E-state index contributed by atoms with van der Waals surface area (Å²) < 4.78 is 35.2. The number of aryl methyl sites for hydroxylation is 1. The number of nitrogens with one attached hydrogen (secondary N) is 1. The van der Waals surface area contributed by atoms with E-state index < -0.39 is 11.3 Å². The van der Waals surface area contributed by atoms with E-state index in [1.165, 1.54) is 12.1 Å². The van der Waals surface area contributed by atoms with Crippen LogP contribution in [-0.4, -0.2) is 8.76 Å². The van der Waals surface area contributed by atoms with Crippen molar-refractivity contribution in [1.29, 1.82) is 0 Å². The van der Waals surface area contributed by atoms with Crippen LogP contribution in [0.3, 0.4) is 0 Å². The van der Waals surface area contributed by atoms with Crippen molar-refractivity contribution >= 4 is 11.3 Å². The molecule has 0 aromatic heterocycles. The molecule has 0 saturated carbocycles. The Bertz CT molecular complexity index is 310. The summed E-state index contributed by atoms with van der Waals surface area (Å²) in [5.41, 5.74) is 1.38. The Kier molecular flexibility index (Phi) is 3.53. The smallest absolute Gasteiger partial charge is 0.123 e. The van der Waals surface area contributed by atoms with Crippen LogP contribution in [0.1, 0.15) is 11.1 Å². The quantitative estimate of drug-likeness (QED) is 0.744. The minimum Gasteiger partial charge on any atom is -0.760 e. The van der Waals surface area contributed by atoms with Gasteiger partial charge in [0.1, 0.15) is 5.82 Å². The molecule has 13 heavy (non-hydrogen) atoms. The van der Waals surface area contributed by atoms with Crippen molar-refractivity contribution in [2.24, 2.45) is 0 Å². The van der Waals surface area contributed by atoms with E-state index in [0.29, 0.717) is 5.56 Å². The molecule has 0 aliphatic carbocycles. The van der Waals surface area contributed by atoms with Crippen molar-refractivity contribution in [1.82, 2.24) is 4.72 Å². The van der Waals surface area contributed by atoms with Gasteiger partial charge in [-0.1, -0.05) is 6.07 Å². The van der Waals surface area contributed by atoms with Gasteiger partial charge in [-0.3, -0.25) is 4.21 Å². The summed E-state index contributed by atoms with van der Waals surface area (Å²) in [7, 11) is 0. The zero-order valence-electron chi connectivity index (χ0n) is 7.04. The van der Waals surface area contributed by atoms with Gasteiger partial charge in [0, 0.05) is 17.8 Å². The molecule has 0 aliphatic rings. The summed E-state index contributed by atoms with van der Waals surface area (Å²) in [6.07, 6.45) is 0. The molecule has 1 unspecified atom stereocenters. The van der Waals surface area contributed by atoms with Crippen LogP contribution in [0.25, 0.3) is 0 Å². The van der Waals surface area contributed by atoms with E-state index in [1.54, 1.807) is 13.0 Å². The van der Waals surface area contributed by atoms with Gasteiger partial charge in [-0.15, -0.1) is 0 Å². The fourth-order valence-corrected chi connectivity index (χ4v) is 1.34. The normalized spacial score (nSPS) is 12.8. The molecule has 0 heterocycles. The van der Waals surface area contributed by atoms with Crippen LogP contribution in [-0.2, 0) is 17.8 Å². The SMILES string of the molecule is Cc1cc(F)cc(CNS(=O)[O-])c1. The summed E-state index contributed by atoms with van der Waals surface area (Å²) in [6.45, 7) is 1.87. The Hall–Kier alpha value is -0.780. The molecule has 1 N–H and O–H groups in total. The highest BCUT2D eigenvalue weighted by molar-refractivity contribution is 7.77. The summed E-state index contributed by atoms with van der Waals surface area (Å²) >= 11 is -2.30. The second-order valence-electron chi connectivity index (χ2n) is 2.69. The van der Waals surface area contributed by atoms with Gasteiger partial charge in [0.25, 0.3) is 0 Å². The number of rotatable bonds is 3. The second kappa shape index (κ2) is 4.45. The van der Waals surface area contributed by atoms with E-state index in [9.17, 15) is 13.2 Å². The lowest BCUT2D eigenvalue weighted by molar-refractivity contribution is 0.522. The predicted molar refractivity (Wildman–Crippen MR) is 46.9 cm³/mol. The monoisotopic (exact) mass is 202 g/mol. The minimum atomic E-state index is -2.30. The second-order valence-corrected chi connectivity index (χ2v) is 3.45. The number of benzene rings is 1. The van der Waals surface area contributed by atoms with Crippen molar-refractivity contribution in [3.8, 4) is 0 Å². The van der Waals surface area contributed by atoms with E-state index in [-0.39, 0.29) is 12.4 Å². The third kappa shape index (κ3) is 3.63. The topological polar surface area (TPSA) is 52.2 Å². The average Bonchev–Trinajstić information content (AvgIpc) is 1.99. The van der Waals surface area contributed by atoms with Gasteiger partial charge < -0.3 is 4.55 Å². The van der Waals surface area contributed by atoms with Crippen molar-refractivity contribution in [3.63, 3.8) is 0 Å². The predicted octanol–water partition coefficient (Wildman–Crippen LogP) is 1.02. The standard InChI is InChI=1S/C8H10FNO2S/c1-6-2-7(4-8(9)3-6)5-10-13(11)12/h2-4,10H,5H2,1H3,(H,11,12)/p-1. The maximum absolute atomic E-state index is 12.8. The first-order valence-electron chi connectivity index (χ1n) is 3.67. The Morgan fingerprint density at radius 3 is 2.77 bits per heavy atom. The fraction of sp³-hybridized carbons (Fsp3) is 0.250. The molecule has 0 amide bonds. The fourth-order valence-electron chi connectivity index (χ4n) is 1.06. The van der Waals surface area contributed by atoms with Crippen molar-refractivity contribution in [3.05, 3.63) is 35.1 Å². The van der Waals surface area contributed by atoms with Crippen LogP contribution in [0.4, 0.5) is 4.39 Å². The third-order valence-electron chi connectivity index (χ3n) is 1.50. The molecule has 0 aliphatic heterocycles. The van der Waals surface area contributed by atoms with Gasteiger partial charge in [0.05, 0.1) is 0 Å². The Balaban J connectivity index is 2.71. The van der Waals surface area contributed by atoms with E-state index in [0.717, 1.165) is 5.56 Å². The van der Waals surface area contributed by atoms with Gasteiger partial charge in [-0.2, -0.15) is 0 Å². The molecular weight excluding hydrogens is 193 g/mol. The van der Waals surface area contributed by atoms with E-state index in [4.69, 9.17) is 0 Å². The van der Waals surface area contributed by atoms with Crippen molar-refractivity contribution in [2.45, 2.75) is 13.5 Å². The average molecular weight is 202 g/mol. The lowest BCUT2D eigenvalue weighted by Gasteiger charge is -2.07. The minimum absolute atomic E-state index is 0.120. The van der Waals surface area contributed by atoms with Gasteiger partial charge in [-0.05, 0) is 30.2 Å². The van der Waals surface area contributed by atoms with Crippen LogP contribution in [0.5, 0.6) is 0 Å². The molecule has 1 aromatic rings. The van der Waals surface area contributed by atoms with E-state index >= 15 is 0 Å². The first-order chi connectivity index (χ1) is 6.08. The zero-order chi connectivity index (χ0) is 9.84. The highest BCUT2D eigenvalue weighted by atomic mass is 32.2. The highest BCUT2D eigenvalue weighted by Gasteiger charge is 1.97. The van der Waals surface area contributed by atoms with Crippen LogP contribution in [0, 0.1) is 12.7 Å². The summed E-state index contributed by atoms with van der Waals surface area (Å²) in [5, 5.41) is 0. The molecule has 1 aromatic carbocycles. The highest BCUT2D eigenvalue weighted by Crippen LogP contribution is 2.07. The van der Waals surface area contributed by atoms with Crippen LogP contribution < -0.4 is 4.72 Å². The molecule has 3 nitrogen and oxygen atoms in total. The van der Waals surface area contributed by atoms with Gasteiger partial charge >= 0.3 is 0 Å². The van der Waals surface area contributed by atoms with Crippen LogP contribution in [0.2, 0.25) is 0 Å². The molecule has 0 spiro atoms. The maximum atomic E-state index is 12.8. The summed E-state index contributed by atoms with van der Waals surface area (Å²) in [6, 6.07) is 4.41. The molecule has 0 fully saturated rings. The van der Waals surface area contributed by atoms with Crippen LogP contribution in [0.15, 0.2) is 18.2 Å². The van der Waals surface area contributed by atoms with Gasteiger partial charge in [-0.25, -0.2) is 9.11 Å². The molecule has 5 heteroatoms. The first-order valence-corrected chi connectivity index (χ1v) is 4.74. The Labute approximate surface area is 78.4 Å². The Morgan fingerprint density at radius 1 is 1.54 bits per heavy atom. The maximum Gasteiger partial charge on any atom is 0.123 e. The number of hydrogen-bond acceptors (Lipinski definition) is 2. The summed E-state index contributed by atoms with van der Waals surface area (Å²) in [5.74, 6) is -0.353. The molecule has 1 rings (SSSR count). The molecule has 1 atom stereocenters. The molecule has 0 bridgehead atoms. The van der Waals surface area contributed by atoms with Gasteiger partial charge in [0.2, 0.25) is 0 Å². The Morgan fingerprint density at radius 2 is 2.23 bits per heavy atom. The zero-order valence-corrected chi connectivity index (χ0v) is 7.86. The van der Waals surface area contributed by atoms with Gasteiger partial charge in [0.15, 0.2) is 0 Å². The molecular formula is C8H9FNO2S-. The summed E-state index contributed by atoms with van der Waals surface area (Å²) in [4.78, 5) is 0. The van der Waals surface area contributed by atoms with Crippen molar-refractivity contribution < 1.29 is 13.2 Å². The first kappa shape index (κ1) is 10.3. The van der Waals surface area contributed by atoms with E-state index in [2.05, 4.69) is 4.72 Å². The lowest BCUT2D eigenvalue weighted by atomic mass is 10.1. The molecule has 0 saturated heterocycles. The number of hydrogen-bond donors (Lipinski definition) is 1. The van der Waals surface area contributed by atoms with Crippen molar-refractivity contribution in [2.75, 3.05) is 0 Å². The molecule has 72 valence electrons. The third-order valence-corrected chi connectivity index (χ3v) is 1.88. The van der Waals surface area contributed by atoms with E-state index in [1.807, 2.05) is 0 Å². The largest absolute Gasteiger partial charge is 0.760 e.